The van der Waals surface area contributed by atoms with Gasteiger partial charge >= 0.3 is 6.09 Å². The van der Waals surface area contributed by atoms with Crippen LogP contribution < -0.4 is 5.32 Å². The minimum absolute atomic E-state index is 0.224. The zero-order valence-corrected chi connectivity index (χ0v) is 15.7. The molecule has 0 atom stereocenters. The number of pyridine rings is 1. The van der Waals surface area contributed by atoms with Gasteiger partial charge in [-0.15, -0.1) is 11.3 Å². The first-order valence-electron chi connectivity index (χ1n) is 8.52. The monoisotopic (exact) mass is 360 g/mol. The number of carbonyl (C=O) groups is 1. The van der Waals surface area contributed by atoms with Gasteiger partial charge < -0.3 is 15.0 Å². The summed E-state index contributed by atoms with van der Waals surface area (Å²) in [5.74, 6) is 1.17. The molecule has 1 fully saturated rings. The maximum atomic E-state index is 12.2. The lowest BCUT2D eigenvalue weighted by molar-refractivity contribution is 0.0204. The van der Waals surface area contributed by atoms with Gasteiger partial charge in [0.05, 0.1) is 0 Å². The first-order chi connectivity index (χ1) is 11.9. The number of ether oxygens (including phenoxy) is 1. The van der Waals surface area contributed by atoms with E-state index >= 15 is 0 Å². The lowest BCUT2D eigenvalue weighted by Gasteiger charge is -2.33. The summed E-state index contributed by atoms with van der Waals surface area (Å²) in [5, 5.41) is 5.99. The van der Waals surface area contributed by atoms with Crippen molar-refractivity contribution in [3.05, 3.63) is 35.5 Å². The molecule has 6 nitrogen and oxygen atoms in total. The van der Waals surface area contributed by atoms with Crippen LogP contribution in [0.1, 0.15) is 45.2 Å². The number of thiazole rings is 1. The molecule has 0 aliphatic carbocycles. The number of nitrogens with zero attached hydrogens (tertiary/aromatic N) is 3. The molecule has 0 saturated carbocycles. The first-order valence-corrected chi connectivity index (χ1v) is 9.40. The smallest absolute Gasteiger partial charge is 0.410 e. The molecule has 2 aromatic rings. The molecule has 0 bridgehead atoms. The number of likely N-dealkylation sites (tertiary alicyclic amines) is 1. The van der Waals surface area contributed by atoms with Crippen molar-refractivity contribution < 1.29 is 9.53 Å². The Morgan fingerprint density at radius 3 is 2.72 bits per heavy atom. The average molecular weight is 360 g/mol. The molecule has 1 amide bonds. The molecule has 0 radical (unpaired) electrons. The van der Waals surface area contributed by atoms with Crippen LogP contribution in [0.5, 0.6) is 0 Å². The molecular weight excluding hydrogens is 336 g/mol. The third kappa shape index (κ3) is 4.92. The number of nitrogens with one attached hydrogen (secondary N) is 1. The van der Waals surface area contributed by atoms with Crippen molar-refractivity contribution in [1.82, 2.24) is 14.9 Å². The maximum absolute atomic E-state index is 12.2. The Hall–Kier alpha value is -2.15. The number of rotatable bonds is 3. The highest BCUT2D eigenvalue weighted by molar-refractivity contribution is 7.13. The van der Waals surface area contributed by atoms with Crippen LogP contribution in [0.15, 0.2) is 29.8 Å². The fourth-order valence-electron chi connectivity index (χ4n) is 2.83. The van der Waals surface area contributed by atoms with E-state index < -0.39 is 5.60 Å². The highest BCUT2D eigenvalue weighted by Gasteiger charge is 2.28. The van der Waals surface area contributed by atoms with E-state index in [0.29, 0.717) is 19.0 Å². The number of aromatic nitrogens is 2. The van der Waals surface area contributed by atoms with Gasteiger partial charge in [0.1, 0.15) is 11.4 Å². The lowest BCUT2D eigenvalue weighted by atomic mass is 9.93. The lowest BCUT2D eigenvalue weighted by Crippen LogP contribution is -2.41. The first kappa shape index (κ1) is 17.7. The summed E-state index contributed by atoms with van der Waals surface area (Å²) in [6, 6.07) is 6.01. The van der Waals surface area contributed by atoms with Crippen LogP contribution in [0, 0.1) is 0 Å². The fraction of sp³-hybridized carbons (Fsp3) is 0.500. The third-order valence-electron chi connectivity index (χ3n) is 4.00. The minimum atomic E-state index is -0.453. The Bertz CT molecular complexity index is 704. The maximum Gasteiger partial charge on any atom is 0.410 e. The quantitative estimate of drug-likeness (QED) is 0.879. The number of amides is 1. The van der Waals surface area contributed by atoms with Crippen LogP contribution >= 0.6 is 11.3 Å². The van der Waals surface area contributed by atoms with Crippen molar-refractivity contribution in [3.63, 3.8) is 0 Å². The SMILES string of the molecule is CC(C)(C)OC(=O)N1CCC(c2cccc(Nc3nccs3)n2)CC1. The van der Waals surface area contributed by atoms with Gasteiger partial charge in [0.2, 0.25) is 0 Å². The van der Waals surface area contributed by atoms with Crippen molar-refractivity contribution in [2.24, 2.45) is 0 Å². The highest BCUT2D eigenvalue weighted by Crippen LogP contribution is 2.29. The number of hydrogen-bond acceptors (Lipinski definition) is 6. The second-order valence-electron chi connectivity index (χ2n) is 7.15. The van der Waals surface area contributed by atoms with Gasteiger partial charge in [0, 0.05) is 36.3 Å². The van der Waals surface area contributed by atoms with Gasteiger partial charge in [-0.05, 0) is 45.7 Å². The minimum Gasteiger partial charge on any atom is -0.444 e. The molecule has 3 heterocycles. The molecule has 1 aliphatic rings. The normalized spacial score (nSPS) is 15.9. The van der Waals surface area contributed by atoms with Gasteiger partial charge in [0.25, 0.3) is 0 Å². The Labute approximate surface area is 152 Å². The van der Waals surface area contributed by atoms with Crippen molar-refractivity contribution in [2.45, 2.75) is 45.1 Å². The van der Waals surface area contributed by atoms with Crippen molar-refractivity contribution in [3.8, 4) is 0 Å². The zero-order valence-electron chi connectivity index (χ0n) is 14.9. The fourth-order valence-corrected chi connectivity index (χ4v) is 3.36. The van der Waals surface area contributed by atoms with E-state index in [2.05, 4.69) is 16.4 Å². The summed E-state index contributed by atoms with van der Waals surface area (Å²) in [7, 11) is 0. The Balaban J connectivity index is 1.58. The van der Waals surface area contributed by atoms with Crippen LogP contribution in [-0.4, -0.2) is 39.7 Å². The number of carbonyl (C=O) groups excluding carboxylic acids is 1. The predicted molar refractivity (Wildman–Crippen MR) is 99.4 cm³/mol. The molecule has 1 saturated heterocycles. The Morgan fingerprint density at radius 2 is 2.08 bits per heavy atom. The summed E-state index contributed by atoms with van der Waals surface area (Å²) in [6.07, 6.45) is 3.33. The van der Waals surface area contributed by atoms with Crippen molar-refractivity contribution in [1.29, 1.82) is 0 Å². The molecule has 134 valence electrons. The number of hydrogen-bond donors (Lipinski definition) is 1. The predicted octanol–water partition coefficient (Wildman–Crippen LogP) is 4.40. The average Bonchev–Trinajstić information content (AvgIpc) is 3.07. The highest BCUT2D eigenvalue weighted by atomic mass is 32.1. The summed E-state index contributed by atoms with van der Waals surface area (Å²) >= 11 is 1.55. The van der Waals surface area contributed by atoms with Gasteiger partial charge in [-0.25, -0.2) is 14.8 Å². The van der Waals surface area contributed by atoms with Gasteiger partial charge in [-0.1, -0.05) is 6.07 Å². The topological polar surface area (TPSA) is 67.3 Å². The second-order valence-corrected chi connectivity index (χ2v) is 8.05. The van der Waals surface area contributed by atoms with Gasteiger partial charge in [0.15, 0.2) is 5.13 Å². The van der Waals surface area contributed by atoms with E-state index in [1.165, 1.54) is 0 Å². The molecule has 0 unspecified atom stereocenters. The van der Waals surface area contributed by atoms with Crippen LogP contribution in [-0.2, 0) is 4.74 Å². The summed E-state index contributed by atoms with van der Waals surface area (Å²) in [5.41, 5.74) is 0.607. The second kappa shape index (κ2) is 7.39. The van der Waals surface area contributed by atoms with Crippen molar-refractivity contribution >= 4 is 28.4 Å². The standard InChI is InChI=1S/C18H24N4O2S/c1-18(2,3)24-17(23)22-10-7-13(8-11-22)14-5-4-6-15(20-14)21-16-19-9-12-25-16/h4-6,9,12-13H,7-8,10-11H2,1-3H3,(H,19,20,21). The largest absolute Gasteiger partial charge is 0.444 e. The molecule has 25 heavy (non-hydrogen) atoms. The van der Waals surface area contributed by atoms with Gasteiger partial charge in [-0.3, -0.25) is 0 Å². The summed E-state index contributed by atoms with van der Waals surface area (Å²) in [6.45, 7) is 7.07. The molecule has 1 N–H and O–H groups in total. The van der Waals surface area contributed by atoms with Crippen LogP contribution in [0.4, 0.5) is 15.7 Å². The molecule has 7 heteroatoms. The number of anilines is 2. The third-order valence-corrected chi connectivity index (χ3v) is 4.69. The van der Waals surface area contributed by atoms with E-state index in [-0.39, 0.29) is 6.09 Å². The van der Waals surface area contributed by atoms with E-state index in [1.54, 1.807) is 22.4 Å². The molecule has 0 aromatic carbocycles. The van der Waals surface area contributed by atoms with E-state index in [1.807, 2.05) is 38.3 Å². The van der Waals surface area contributed by atoms with Crippen LogP contribution in [0.3, 0.4) is 0 Å². The molecular formula is C18H24N4O2S. The number of piperidine rings is 1. The summed E-state index contributed by atoms with van der Waals surface area (Å²) < 4.78 is 5.45. The molecule has 2 aromatic heterocycles. The Kier molecular flexibility index (Phi) is 5.22. The Morgan fingerprint density at radius 1 is 1.32 bits per heavy atom. The molecule has 0 spiro atoms. The molecule has 3 rings (SSSR count). The van der Waals surface area contributed by atoms with Crippen LogP contribution in [0.25, 0.3) is 0 Å². The van der Waals surface area contributed by atoms with Crippen molar-refractivity contribution in [2.75, 3.05) is 18.4 Å². The van der Waals surface area contributed by atoms with Crippen LogP contribution in [0.2, 0.25) is 0 Å². The van der Waals surface area contributed by atoms with Gasteiger partial charge in [-0.2, -0.15) is 0 Å². The van der Waals surface area contributed by atoms with E-state index in [9.17, 15) is 4.79 Å². The van der Waals surface area contributed by atoms with E-state index in [4.69, 9.17) is 9.72 Å². The molecule has 1 aliphatic heterocycles. The zero-order chi connectivity index (χ0) is 17.9. The van der Waals surface area contributed by atoms with E-state index in [0.717, 1.165) is 29.5 Å². The summed E-state index contributed by atoms with van der Waals surface area (Å²) in [4.78, 5) is 22.9.